The minimum absolute atomic E-state index is 0.0210. The zero-order chi connectivity index (χ0) is 22.1. The standard InChI is InChI=1S/C25H20Cl2N4O/c26-21-6-5-18(15-22(21)27)30-11-13-31(14-12-30)25(32)20-16-24(17-7-9-28-10-8-17)29-23-4-2-1-3-19(20)23/h1-10,15-16H,11-14H2. The Hall–Kier alpha value is -3.15. The molecule has 0 aliphatic carbocycles. The second-order valence-corrected chi connectivity index (χ2v) is 8.50. The van der Waals surface area contributed by atoms with Crippen molar-refractivity contribution in [1.29, 1.82) is 0 Å². The van der Waals surface area contributed by atoms with Gasteiger partial charge in [-0.15, -0.1) is 0 Å². The summed E-state index contributed by atoms with van der Waals surface area (Å²) in [5.74, 6) is 0.0210. The van der Waals surface area contributed by atoms with Crippen LogP contribution in [0.2, 0.25) is 10.0 Å². The summed E-state index contributed by atoms with van der Waals surface area (Å²) in [5.41, 5.74) is 4.19. The lowest BCUT2D eigenvalue weighted by Crippen LogP contribution is -2.48. The normalized spacial score (nSPS) is 14.1. The van der Waals surface area contributed by atoms with Crippen LogP contribution in [0.15, 0.2) is 73.1 Å². The number of fused-ring (bicyclic) bond motifs is 1. The van der Waals surface area contributed by atoms with E-state index in [2.05, 4.69) is 9.88 Å². The van der Waals surface area contributed by atoms with Gasteiger partial charge in [0.15, 0.2) is 0 Å². The lowest BCUT2D eigenvalue weighted by Gasteiger charge is -2.36. The maximum atomic E-state index is 13.6. The van der Waals surface area contributed by atoms with E-state index in [-0.39, 0.29) is 5.91 Å². The lowest BCUT2D eigenvalue weighted by molar-refractivity contribution is 0.0748. The molecule has 32 heavy (non-hydrogen) atoms. The van der Waals surface area contributed by atoms with Crippen LogP contribution >= 0.6 is 23.2 Å². The molecule has 0 spiro atoms. The highest BCUT2D eigenvalue weighted by molar-refractivity contribution is 6.42. The number of benzene rings is 2. The van der Waals surface area contributed by atoms with Crippen molar-refractivity contribution in [3.63, 3.8) is 0 Å². The van der Waals surface area contributed by atoms with Crippen LogP contribution in [0.25, 0.3) is 22.2 Å². The van der Waals surface area contributed by atoms with Crippen LogP contribution in [0.1, 0.15) is 10.4 Å². The summed E-state index contributed by atoms with van der Waals surface area (Å²) in [6.07, 6.45) is 3.46. The summed E-state index contributed by atoms with van der Waals surface area (Å²) in [7, 11) is 0. The van der Waals surface area contributed by atoms with Crippen molar-refractivity contribution in [2.24, 2.45) is 0 Å². The Morgan fingerprint density at radius 1 is 0.844 bits per heavy atom. The first-order valence-corrected chi connectivity index (χ1v) is 11.2. The summed E-state index contributed by atoms with van der Waals surface area (Å²) >= 11 is 12.2. The minimum Gasteiger partial charge on any atom is -0.368 e. The Morgan fingerprint density at radius 2 is 1.59 bits per heavy atom. The van der Waals surface area contributed by atoms with E-state index in [1.165, 1.54) is 0 Å². The molecular formula is C25H20Cl2N4O. The van der Waals surface area contributed by atoms with E-state index in [0.29, 0.717) is 28.7 Å². The molecule has 2 aromatic heterocycles. The SMILES string of the molecule is O=C(c1cc(-c2ccncc2)nc2ccccc12)N1CCN(c2ccc(Cl)c(Cl)c2)CC1. The van der Waals surface area contributed by atoms with Gasteiger partial charge in [-0.25, -0.2) is 4.98 Å². The number of piperazine rings is 1. The highest BCUT2D eigenvalue weighted by Gasteiger charge is 2.24. The molecule has 1 amide bonds. The van der Waals surface area contributed by atoms with E-state index < -0.39 is 0 Å². The van der Waals surface area contributed by atoms with Gasteiger partial charge in [-0.1, -0.05) is 41.4 Å². The number of nitrogens with zero attached hydrogens (tertiary/aromatic N) is 4. The molecule has 160 valence electrons. The monoisotopic (exact) mass is 462 g/mol. The highest BCUT2D eigenvalue weighted by atomic mass is 35.5. The van der Waals surface area contributed by atoms with Crippen molar-refractivity contribution in [3.8, 4) is 11.3 Å². The number of pyridine rings is 2. The van der Waals surface area contributed by atoms with Gasteiger partial charge in [-0.2, -0.15) is 0 Å². The van der Waals surface area contributed by atoms with Gasteiger partial charge in [-0.3, -0.25) is 9.78 Å². The van der Waals surface area contributed by atoms with Gasteiger partial charge in [0.2, 0.25) is 0 Å². The van der Waals surface area contributed by atoms with Crippen LogP contribution in [-0.4, -0.2) is 47.0 Å². The third-order valence-electron chi connectivity index (χ3n) is 5.76. The second kappa shape index (κ2) is 8.77. The quantitative estimate of drug-likeness (QED) is 0.399. The van der Waals surface area contributed by atoms with Crippen LogP contribution in [0.4, 0.5) is 5.69 Å². The van der Waals surface area contributed by atoms with Crippen LogP contribution in [-0.2, 0) is 0 Å². The van der Waals surface area contributed by atoms with Crippen molar-refractivity contribution in [3.05, 3.63) is 88.7 Å². The molecule has 0 radical (unpaired) electrons. The molecule has 0 saturated carbocycles. The van der Waals surface area contributed by atoms with Crippen molar-refractivity contribution >= 4 is 45.7 Å². The first-order chi connectivity index (χ1) is 15.6. The Bertz CT molecular complexity index is 1290. The average molecular weight is 463 g/mol. The van der Waals surface area contributed by atoms with E-state index in [4.69, 9.17) is 28.2 Å². The van der Waals surface area contributed by atoms with Crippen molar-refractivity contribution in [1.82, 2.24) is 14.9 Å². The van der Waals surface area contributed by atoms with Crippen LogP contribution in [0.3, 0.4) is 0 Å². The fourth-order valence-corrected chi connectivity index (χ4v) is 4.34. The van der Waals surface area contributed by atoms with Crippen molar-refractivity contribution < 1.29 is 4.79 Å². The maximum absolute atomic E-state index is 13.6. The topological polar surface area (TPSA) is 49.3 Å². The molecule has 2 aromatic carbocycles. The number of para-hydroxylation sites is 1. The number of halogens is 2. The number of hydrogen-bond donors (Lipinski definition) is 0. The largest absolute Gasteiger partial charge is 0.368 e. The predicted molar refractivity (Wildman–Crippen MR) is 130 cm³/mol. The molecule has 0 bridgehead atoms. The maximum Gasteiger partial charge on any atom is 0.254 e. The van der Waals surface area contributed by atoms with Crippen molar-refractivity contribution in [2.45, 2.75) is 0 Å². The number of rotatable bonds is 3. The smallest absolute Gasteiger partial charge is 0.254 e. The number of aromatic nitrogens is 2. The first kappa shape index (κ1) is 20.7. The van der Waals surface area contributed by atoms with Gasteiger partial charge in [-0.05, 0) is 42.5 Å². The molecule has 1 fully saturated rings. The van der Waals surface area contributed by atoms with E-state index in [0.717, 1.165) is 40.9 Å². The summed E-state index contributed by atoms with van der Waals surface area (Å²) in [4.78, 5) is 26.6. The highest BCUT2D eigenvalue weighted by Crippen LogP contribution is 2.29. The first-order valence-electron chi connectivity index (χ1n) is 10.4. The lowest BCUT2D eigenvalue weighted by atomic mass is 10.0. The zero-order valence-electron chi connectivity index (χ0n) is 17.2. The van der Waals surface area contributed by atoms with E-state index >= 15 is 0 Å². The molecule has 7 heteroatoms. The number of amides is 1. The van der Waals surface area contributed by atoms with Gasteiger partial charge < -0.3 is 9.80 Å². The Labute approximate surface area is 196 Å². The molecule has 0 N–H and O–H groups in total. The Balaban J connectivity index is 1.42. The molecule has 1 saturated heterocycles. The summed E-state index contributed by atoms with van der Waals surface area (Å²) < 4.78 is 0. The predicted octanol–water partition coefficient (Wildman–Crippen LogP) is 5.57. The fourth-order valence-electron chi connectivity index (χ4n) is 4.04. The van der Waals surface area contributed by atoms with Gasteiger partial charge in [0.05, 0.1) is 26.8 Å². The molecule has 0 unspecified atom stereocenters. The number of hydrogen-bond acceptors (Lipinski definition) is 4. The zero-order valence-corrected chi connectivity index (χ0v) is 18.7. The Kier molecular flexibility index (Phi) is 5.68. The fraction of sp³-hybridized carbons (Fsp3) is 0.160. The molecular weight excluding hydrogens is 443 g/mol. The van der Waals surface area contributed by atoms with Crippen molar-refractivity contribution in [2.75, 3.05) is 31.1 Å². The molecule has 3 heterocycles. The molecule has 4 aromatic rings. The minimum atomic E-state index is 0.0210. The second-order valence-electron chi connectivity index (χ2n) is 7.69. The number of carbonyl (C=O) groups is 1. The summed E-state index contributed by atoms with van der Waals surface area (Å²) in [5, 5.41) is 1.94. The van der Waals surface area contributed by atoms with E-state index in [1.807, 2.05) is 59.5 Å². The van der Waals surface area contributed by atoms with Gasteiger partial charge in [0.1, 0.15) is 0 Å². The van der Waals surface area contributed by atoms with E-state index in [9.17, 15) is 4.79 Å². The molecule has 1 aliphatic rings. The number of anilines is 1. The van der Waals surface area contributed by atoms with Crippen LogP contribution in [0, 0.1) is 0 Å². The molecule has 0 atom stereocenters. The van der Waals surface area contributed by atoms with Gasteiger partial charge >= 0.3 is 0 Å². The molecule has 5 rings (SSSR count). The average Bonchev–Trinajstić information content (AvgIpc) is 2.85. The molecule has 1 aliphatic heterocycles. The van der Waals surface area contributed by atoms with Crippen LogP contribution in [0.5, 0.6) is 0 Å². The number of carbonyl (C=O) groups excluding carboxylic acids is 1. The van der Waals surface area contributed by atoms with Crippen LogP contribution < -0.4 is 4.90 Å². The third-order valence-corrected chi connectivity index (χ3v) is 6.50. The molecule has 5 nitrogen and oxygen atoms in total. The summed E-state index contributed by atoms with van der Waals surface area (Å²) in [6, 6.07) is 19.1. The van der Waals surface area contributed by atoms with E-state index in [1.54, 1.807) is 18.5 Å². The van der Waals surface area contributed by atoms with Gasteiger partial charge in [0.25, 0.3) is 5.91 Å². The Morgan fingerprint density at radius 3 is 2.34 bits per heavy atom. The van der Waals surface area contributed by atoms with Gasteiger partial charge in [0, 0.05) is 55.2 Å². The summed E-state index contributed by atoms with van der Waals surface area (Å²) in [6.45, 7) is 2.70. The third kappa shape index (κ3) is 4.01.